The predicted octanol–water partition coefficient (Wildman–Crippen LogP) is -0.614. The summed E-state index contributed by atoms with van der Waals surface area (Å²) in [6.45, 7) is 0.779. The minimum absolute atomic E-state index is 0.0235. The van der Waals surface area contributed by atoms with Gasteiger partial charge < -0.3 is 14.3 Å². The van der Waals surface area contributed by atoms with Gasteiger partial charge in [0.2, 0.25) is 6.61 Å². The lowest BCUT2D eigenvalue weighted by atomic mass is 10.7. The molecule has 0 aromatic rings. The van der Waals surface area contributed by atoms with Crippen molar-refractivity contribution in [3.63, 3.8) is 0 Å². The molecular weight excluding hydrogens is 190 g/mol. The average molecular weight is 201 g/mol. The maximum absolute atomic E-state index is 10.6. The molecule has 0 atom stereocenters. The van der Waals surface area contributed by atoms with E-state index in [-0.39, 0.29) is 12.6 Å². The Bertz CT molecular complexity index is 253. The second-order valence-corrected chi connectivity index (χ2v) is 2.42. The average Bonchev–Trinajstić information content (AvgIpc) is 2.58. The van der Waals surface area contributed by atoms with Gasteiger partial charge in [0.1, 0.15) is 12.9 Å². The number of oxime groups is 1. The molecule has 0 aromatic heterocycles. The van der Waals surface area contributed by atoms with Crippen molar-refractivity contribution in [1.29, 1.82) is 5.41 Å². The maximum atomic E-state index is 10.6. The molecule has 0 aliphatic carbocycles. The third kappa shape index (κ3) is 2.92. The maximum Gasteiger partial charge on any atom is 0.346 e. The van der Waals surface area contributed by atoms with Gasteiger partial charge in [-0.15, -0.1) is 0 Å². The molecule has 0 spiro atoms. The highest BCUT2D eigenvalue weighted by Gasteiger charge is 2.15. The lowest BCUT2D eigenvalue weighted by Crippen LogP contribution is -2.23. The van der Waals surface area contributed by atoms with E-state index in [9.17, 15) is 4.79 Å². The molecule has 7 heteroatoms. The highest BCUT2D eigenvalue weighted by Crippen LogP contribution is 1.97. The zero-order chi connectivity index (χ0) is 10.4. The fourth-order valence-electron chi connectivity index (χ4n) is 0.774. The van der Waals surface area contributed by atoms with Crippen molar-refractivity contribution < 1.29 is 19.1 Å². The molecule has 0 saturated carbocycles. The number of amidine groups is 1. The molecule has 0 radical (unpaired) electrons. The minimum atomic E-state index is -0.505. The lowest BCUT2D eigenvalue weighted by molar-refractivity contribution is -0.145. The molecule has 1 saturated heterocycles. The van der Waals surface area contributed by atoms with Crippen molar-refractivity contribution in [3.8, 4) is 0 Å². The number of esters is 1. The van der Waals surface area contributed by atoms with Crippen molar-refractivity contribution in [3.05, 3.63) is 0 Å². The summed E-state index contributed by atoms with van der Waals surface area (Å²) in [5.74, 6) is -0.505. The molecule has 0 unspecified atom stereocenters. The van der Waals surface area contributed by atoms with Crippen molar-refractivity contribution >= 4 is 18.3 Å². The normalized spacial score (nSPS) is 15.8. The van der Waals surface area contributed by atoms with E-state index >= 15 is 0 Å². The SMILES string of the molecule is COC(=O)CO/N=C/N1CCOC1=N. The van der Waals surface area contributed by atoms with Gasteiger partial charge in [-0.2, -0.15) is 0 Å². The Kier molecular flexibility index (Phi) is 3.71. The smallest absolute Gasteiger partial charge is 0.346 e. The van der Waals surface area contributed by atoms with E-state index in [4.69, 9.17) is 10.1 Å². The van der Waals surface area contributed by atoms with E-state index in [1.54, 1.807) is 0 Å². The predicted molar refractivity (Wildman–Crippen MR) is 46.8 cm³/mol. The zero-order valence-electron chi connectivity index (χ0n) is 7.73. The van der Waals surface area contributed by atoms with E-state index < -0.39 is 5.97 Å². The van der Waals surface area contributed by atoms with Crippen molar-refractivity contribution in [1.82, 2.24) is 4.90 Å². The molecule has 0 aromatic carbocycles. The molecule has 1 rings (SSSR count). The van der Waals surface area contributed by atoms with Gasteiger partial charge in [0, 0.05) is 0 Å². The van der Waals surface area contributed by atoms with Crippen molar-refractivity contribution in [2.75, 3.05) is 26.9 Å². The van der Waals surface area contributed by atoms with Gasteiger partial charge in [0.25, 0.3) is 6.02 Å². The van der Waals surface area contributed by atoms with Crippen LogP contribution < -0.4 is 0 Å². The van der Waals surface area contributed by atoms with Gasteiger partial charge in [-0.1, -0.05) is 5.16 Å². The number of hydrogen-bond acceptors (Lipinski definition) is 6. The van der Waals surface area contributed by atoms with Crippen LogP contribution >= 0.6 is 0 Å². The summed E-state index contributed by atoms with van der Waals surface area (Å²) in [5, 5.41) is 10.7. The van der Waals surface area contributed by atoms with Crippen LogP contribution in [0.3, 0.4) is 0 Å². The fraction of sp³-hybridized carbons (Fsp3) is 0.571. The van der Waals surface area contributed by atoms with Crippen LogP contribution in [0, 0.1) is 5.41 Å². The Morgan fingerprint density at radius 2 is 2.64 bits per heavy atom. The van der Waals surface area contributed by atoms with Crippen molar-refractivity contribution in [2.24, 2.45) is 5.16 Å². The van der Waals surface area contributed by atoms with Crippen LogP contribution in [-0.4, -0.2) is 50.1 Å². The molecule has 1 fully saturated rings. The van der Waals surface area contributed by atoms with Gasteiger partial charge in [-0.3, -0.25) is 10.3 Å². The summed E-state index contributed by atoms with van der Waals surface area (Å²) >= 11 is 0. The van der Waals surface area contributed by atoms with Crippen LogP contribution in [0.25, 0.3) is 0 Å². The Morgan fingerprint density at radius 3 is 3.21 bits per heavy atom. The zero-order valence-corrected chi connectivity index (χ0v) is 7.73. The number of methoxy groups -OCH3 is 1. The van der Waals surface area contributed by atoms with E-state index in [0.717, 1.165) is 0 Å². The highest BCUT2D eigenvalue weighted by atomic mass is 16.6. The van der Waals surface area contributed by atoms with E-state index in [1.165, 1.54) is 18.3 Å². The van der Waals surface area contributed by atoms with Crippen LogP contribution in [0.15, 0.2) is 5.16 Å². The van der Waals surface area contributed by atoms with E-state index in [0.29, 0.717) is 13.2 Å². The fourth-order valence-corrected chi connectivity index (χ4v) is 0.774. The molecule has 1 N–H and O–H groups in total. The Hall–Kier alpha value is -1.79. The Morgan fingerprint density at radius 1 is 1.86 bits per heavy atom. The minimum Gasteiger partial charge on any atom is -0.466 e. The number of nitrogens with one attached hydrogen (secondary N) is 1. The van der Waals surface area contributed by atoms with E-state index in [2.05, 4.69) is 14.7 Å². The van der Waals surface area contributed by atoms with Gasteiger partial charge >= 0.3 is 5.97 Å². The molecule has 7 nitrogen and oxygen atoms in total. The quantitative estimate of drug-likeness (QED) is 0.284. The first kappa shape index (κ1) is 10.3. The highest BCUT2D eigenvalue weighted by molar-refractivity contribution is 5.85. The van der Waals surface area contributed by atoms with Crippen LogP contribution in [-0.2, 0) is 19.1 Å². The molecule has 1 aliphatic rings. The van der Waals surface area contributed by atoms with Gasteiger partial charge in [-0.25, -0.2) is 4.79 Å². The van der Waals surface area contributed by atoms with E-state index in [1.807, 2.05) is 0 Å². The largest absolute Gasteiger partial charge is 0.466 e. The first-order valence-corrected chi connectivity index (χ1v) is 3.94. The standard InChI is InChI=1S/C7H11N3O4/c1-12-6(11)4-14-9-5-10-2-3-13-7(10)8/h5,8H,2-4H2,1H3/b8-7?,9-5+. The number of carbonyl (C=O) groups excluding carboxylic acids is 1. The molecule has 1 aliphatic heterocycles. The third-order valence-corrected chi connectivity index (χ3v) is 1.50. The van der Waals surface area contributed by atoms with Crippen LogP contribution in [0.4, 0.5) is 0 Å². The Labute approximate surface area is 80.7 Å². The summed E-state index contributed by atoms with van der Waals surface area (Å²) in [7, 11) is 1.26. The van der Waals surface area contributed by atoms with Crippen LogP contribution in [0.5, 0.6) is 0 Å². The van der Waals surface area contributed by atoms with Gasteiger partial charge in [0.05, 0.1) is 13.7 Å². The first-order valence-electron chi connectivity index (χ1n) is 3.94. The third-order valence-electron chi connectivity index (χ3n) is 1.50. The first-order chi connectivity index (χ1) is 6.74. The Balaban J connectivity index is 2.20. The molecule has 78 valence electrons. The second kappa shape index (κ2) is 5.05. The van der Waals surface area contributed by atoms with Crippen LogP contribution in [0.2, 0.25) is 0 Å². The second-order valence-electron chi connectivity index (χ2n) is 2.42. The monoisotopic (exact) mass is 201 g/mol. The summed E-state index contributed by atoms with van der Waals surface area (Å²) < 4.78 is 9.16. The molecule has 0 bridgehead atoms. The number of ether oxygens (including phenoxy) is 2. The lowest BCUT2D eigenvalue weighted by Gasteiger charge is -2.05. The number of nitrogens with zero attached hydrogens (tertiary/aromatic N) is 2. The number of rotatable bonds is 4. The topological polar surface area (TPSA) is 84.2 Å². The van der Waals surface area contributed by atoms with Crippen molar-refractivity contribution in [2.45, 2.75) is 0 Å². The summed E-state index contributed by atoms with van der Waals surface area (Å²) in [5.41, 5.74) is 0. The molecular formula is C7H11N3O4. The summed E-state index contributed by atoms with van der Waals surface area (Å²) in [6, 6.07) is 0.0235. The number of hydrogen-bond donors (Lipinski definition) is 1. The van der Waals surface area contributed by atoms with Gasteiger partial charge in [0.15, 0.2) is 0 Å². The summed E-state index contributed by atoms with van der Waals surface area (Å²) in [4.78, 5) is 16.6. The summed E-state index contributed by atoms with van der Waals surface area (Å²) in [6.07, 6.45) is 1.29. The molecule has 0 amide bonds. The van der Waals surface area contributed by atoms with Crippen LogP contribution in [0.1, 0.15) is 0 Å². The van der Waals surface area contributed by atoms with Gasteiger partial charge in [-0.05, 0) is 0 Å². The molecule has 14 heavy (non-hydrogen) atoms. The number of carbonyl (C=O) groups is 1. The molecule has 1 heterocycles.